The number of aliphatic carboxylic acids is 1. The van der Waals surface area contributed by atoms with Crippen LogP contribution in [0.25, 0.3) is 0 Å². The van der Waals surface area contributed by atoms with Gasteiger partial charge in [-0.2, -0.15) is 0 Å². The number of hydrogen-bond donors (Lipinski definition) is 1. The van der Waals surface area contributed by atoms with Crippen LogP contribution >= 0.6 is 0 Å². The van der Waals surface area contributed by atoms with Crippen LogP contribution in [-0.2, 0) is 9.53 Å². The summed E-state index contributed by atoms with van der Waals surface area (Å²) in [6, 6.07) is -0.166. The third kappa shape index (κ3) is 5.55. The Morgan fingerprint density at radius 1 is 1.31 bits per heavy atom. The third-order valence-corrected chi connectivity index (χ3v) is 2.21. The Kier molecular flexibility index (Phi) is 7.28. The molecule has 2 amide bonds. The molecule has 16 heavy (non-hydrogen) atoms. The van der Waals surface area contributed by atoms with Gasteiger partial charge in [-0.25, -0.2) is 4.79 Å². The van der Waals surface area contributed by atoms with Gasteiger partial charge in [0.05, 0.1) is 13.0 Å². The first kappa shape index (κ1) is 14.7. The molecule has 0 spiro atoms. The van der Waals surface area contributed by atoms with E-state index in [1.807, 2.05) is 6.92 Å². The highest BCUT2D eigenvalue weighted by Crippen LogP contribution is 1.98. The van der Waals surface area contributed by atoms with E-state index in [0.29, 0.717) is 19.7 Å². The van der Waals surface area contributed by atoms with Crippen LogP contribution in [0.1, 0.15) is 13.3 Å². The molecule has 0 unspecified atom stereocenters. The number of urea groups is 1. The molecule has 0 aromatic heterocycles. The molecule has 0 bridgehead atoms. The van der Waals surface area contributed by atoms with Crippen molar-refractivity contribution in [1.82, 2.24) is 9.80 Å². The van der Waals surface area contributed by atoms with Crippen molar-refractivity contribution in [1.29, 1.82) is 0 Å². The number of carboxylic acid groups (broad SMARTS) is 1. The van der Waals surface area contributed by atoms with Crippen LogP contribution < -0.4 is 0 Å². The van der Waals surface area contributed by atoms with Gasteiger partial charge in [0, 0.05) is 33.8 Å². The van der Waals surface area contributed by atoms with Crippen LogP contribution in [-0.4, -0.2) is 67.3 Å². The van der Waals surface area contributed by atoms with E-state index in [2.05, 4.69) is 0 Å². The fourth-order valence-corrected chi connectivity index (χ4v) is 1.18. The maximum Gasteiger partial charge on any atom is 0.319 e. The lowest BCUT2D eigenvalue weighted by molar-refractivity contribution is -0.137. The molecule has 0 aromatic rings. The number of carbonyl (C=O) groups is 2. The molecule has 6 nitrogen and oxygen atoms in total. The average molecular weight is 232 g/mol. The SMILES string of the molecule is CCN(CCC(=O)O)C(=O)N(C)CCOC. The Bertz CT molecular complexity index is 233. The van der Waals surface area contributed by atoms with E-state index in [1.165, 1.54) is 9.80 Å². The molecule has 0 atom stereocenters. The first-order valence-electron chi connectivity index (χ1n) is 5.23. The smallest absolute Gasteiger partial charge is 0.319 e. The molecule has 0 saturated heterocycles. The fraction of sp³-hybridized carbons (Fsp3) is 0.800. The highest BCUT2D eigenvalue weighted by atomic mass is 16.5. The molecular formula is C10H20N2O4. The molecule has 0 aliphatic heterocycles. The summed E-state index contributed by atoms with van der Waals surface area (Å²) in [6.45, 7) is 3.53. The zero-order chi connectivity index (χ0) is 12.6. The van der Waals surface area contributed by atoms with E-state index in [0.717, 1.165) is 0 Å². The van der Waals surface area contributed by atoms with E-state index < -0.39 is 5.97 Å². The van der Waals surface area contributed by atoms with Crippen molar-refractivity contribution in [3.63, 3.8) is 0 Å². The first-order chi connectivity index (χ1) is 7.52. The zero-order valence-corrected chi connectivity index (χ0v) is 10.1. The van der Waals surface area contributed by atoms with Crippen molar-refractivity contribution >= 4 is 12.0 Å². The van der Waals surface area contributed by atoms with Crippen LogP contribution in [0.3, 0.4) is 0 Å². The zero-order valence-electron chi connectivity index (χ0n) is 10.1. The Balaban J connectivity index is 4.12. The van der Waals surface area contributed by atoms with Gasteiger partial charge in [0.25, 0.3) is 0 Å². The van der Waals surface area contributed by atoms with Crippen LogP contribution in [0.2, 0.25) is 0 Å². The lowest BCUT2D eigenvalue weighted by Crippen LogP contribution is -2.43. The van der Waals surface area contributed by atoms with Crippen molar-refractivity contribution in [3.8, 4) is 0 Å². The average Bonchev–Trinajstić information content (AvgIpc) is 2.25. The molecule has 0 heterocycles. The number of ether oxygens (including phenoxy) is 1. The Labute approximate surface area is 95.8 Å². The number of methoxy groups -OCH3 is 1. The van der Waals surface area contributed by atoms with E-state index in [-0.39, 0.29) is 19.0 Å². The molecule has 0 aliphatic rings. The van der Waals surface area contributed by atoms with Crippen molar-refractivity contribution < 1.29 is 19.4 Å². The van der Waals surface area contributed by atoms with Gasteiger partial charge in [0.15, 0.2) is 0 Å². The molecule has 0 saturated carbocycles. The van der Waals surface area contributed by atoms with E-state index in [4.69, 9.17) is 9.84 Å². The summed E-state index contributed by atoms with van der Waals surface area (Å²) in [4.78, 5) is 25.2. The van der Waals surface area contributed by atoms with Gasteiger partial charge in [-0.05, 0) is 6.92 Å². The molecule has 94 valence electrons. The molecule has 0 aromatic carbocycles. The second-order valence-electron chi connectivity index (χ2n) is 3.42. The van der Waals surface area contributed by atoms with Crippen LogP contribution in [0.15, 0.2) is 0 Å². The van der Waals surface area contributed by atoms with Gasteiger partial charge < -0.3 is 19.6 Å². The van der Waals surface area contributed by atoms with Gasteiger partial charge in [-0.15, -0.1) is 0 Å². The summed E-state index contributed by atoms with van der Waals surface area (Å²) < 4.78 is 4.87. The number of carboxylic acids is 1. The molecular weight excluding hydrogens is 212 g/mol. The topological polar surface area (TPSA) is 70.1 Å². The number of hydrogen-bond acceptors (Lipinski definition) is 3. The first-order valence-corrected chi connectivity index (χ1v) is 5.23. The van der Waals surface area contributed by atoms with Gasteiger partial charge in [0.1, 0.15) is 0 Å². The highest BCUT2D eigenvalue weighted by molar-refractivity contribution is 5.75. The molecule has 6 heteroatoms. The van der Waals surface area contributed by atoms with Crippen LogP contribution in [0.4, 0.5) is 4.79 Å². The maximum absolute atomic E-state index is 11.8. The van der Waals surface area contributed by atoms with E-state index in [1.54, 1.807) is 14.2 Å². The maximum atomic E-state index is 11.8. The molecule has 1 N–H and O–H groups in total. The summed E-state index contributed by atoms with van der Waals surface area (Å²) in [5, 5.41) is 8.55. The van der Waals surface area contributed by atoms with E-state index >= 15 is 0 Å². The Morgan fingerprint density at radius 2 is 1.94 bits per heavy atom. The van der Waals surface area contributed by atoms with Gasteiger partial charge in [0.2, 0.25) is 0 Å². The summed E-state index contributed by atoms with van der Waals surface area (Å²) >= 11 is 0. The summed E-state index contributed by atoms with van der Waals surface area (Å²) in [5.41, 5.74) is 0. The van der Waals surface area contributed by atoms with Crippen molar-refractivity contribution in [3.05, 3.63) is 0 Å². The summed E-state index contributed by atoms with van der Waals surface area (Å²) in [5.74, 6) is -0.897. The lowest BCUT2D eigenvalue weighted by Gasteiger charge is -2.26. The second kappa shape index (κ2) is 7.92. The predicted octanol–water partition coefficient (Wildman–Crippen LogP) is 0.481. The van der Waals surface area contributed by atoms with Gasteiger partial charge in [-0.1, -0.05) is 0 Å². The summed E-state index contributed by atoms with van der Waals surface area (Å²) in [6.07, 6.45) is -0.0301. The highest BCUT2D eigenvalue weighted by Gasteiger charge is 2.16. The third-order valence-electron chi connectivity index (χ3n) is 2.21. The molecule has 0 radical (unpaired) electrons. The van der Waals surface area contributed by atoms with Crippen molar-refractivity contribution in [2.24, 2.45) is 0 Å². The quantitative estimate of drug-likeness (QED) is 0.693. The molecule has 0 rings (SSSR count). The minimum atomic E-state index is -0.897. The summed E-state index contributed by atoms with van der Waals surface area (Å²) in [7, 11) is 3.24. The number of nitrogens with zero attached hydrogens (tertiary/aromatic N) is 2. The van der Waals surface area contributed by atoms with Gasteiger partial charge >= 0.3 is 12.0 Å². The van der Waals surface area contributed by atoms with Crippen LogP contribution in [0, 0.1) is 0 Å². The Hall–Kier alpha value is -1.30. The largest absolute Gasteiger partial charge is 0.481 e. The van der Waals surface area contributed by atoms with E-state index in [9.17, 15) is 9.59 Å². The monoisotopic (exact) mass is 232 g/mol. The van der Waals surface area contributed by atoms with Crippen LogP contribution in [0.5, 0.6) is 0 Å². The van der Waals surface area contributed by atoms with Gasteiger partial charge in [-0.3, -0.25) is 4.79 Å². The molecule has 0 fully saturated rings. The second-order valence-corrected chi connectivity index (χ2v) is 3.42. The Morgan fingerprint density at radius 3 is 2.38 bits per heavy atom. The molecule has 0 aliphatic carbocycles. The van der Waals surface area contributed by atoms with Crippen molar-refractivity contribution in [2.75, 3.05) is 40.4 Å². The normalized spacial score (nSPS) is 9.94. The standard InChI is InChI=1S/C10H20N2O4/c1-4-12(6-5-9(13)14)10(15)11(2)7-8-16-3/h4-8H2,1-3H3,(H,13,14). The number of rotatable bonds is 7. The fourth-order valence-electron chi connectivity index (χ4n) is 1.18. The van der Waals surface area contributed by atoms with Crippen molar-refractivity contribution in [2.45, 2.75) is 13.3 Å². The minimum absolute atomic E-state index is 0.0301. The number of carbonyl (C=O) groups excluding carboxylic acids is 1. The lowest BCUT2D eigenvalue weighted by atomic mass is 10.4. The minimum Gasteiger partial charge on any atom is -0.481 e. The number of amides is 2. The predicted molar refractivity (Wildman–Crippen MR) is 59.4 cm³/mol. The number of likely N-dealkylation sites (N-methyl/N-ethyl adjacent to an activating group) is 1.